The normalized spacial score (nSPS) is 11.7. The van der Waals surface area contributed by atoms with Crippen molar-refractivity contribution in [2.45, 2.75) is 0 Å². The van der Waals surface area contributed by atoms with Gasteiger partial charge in [0.1, 0.15) is 11.2 Å². The van der Waals surface area contributed by atoms with E-state index in [4.69, 9.17) is 19.4 Å². The largest absolute Gasteiger partial charge is 0.504 e. The van der Waals surface area contributed by atoms with Crippen molar-refractivity contribution in [1.82, 2.24) is 19.5 Å². The Hall–Kier alpha value is -7.07. The molecule has 3 aromatic heterocycles. The molecule has 49 heavy (non-hydrogen) atoms. The number of phenols is 5. The average molecular weight is 645 g/mol. The quantitative estimate of drug-likeness (QED) is 0.0937. The molecule has 9 rings (SSSR count). The van der Waals surface area contributed by atoms with Crippen LogP contribution in [0.15, 0.2) is 120 Å². The number of hydrogen-bond donors (Lipinski definition) is 5. The summed E-state index contributed by atoms with van der Waals surface area (Å²) in [5, 5.41) is 55.2. The SMILES string of the molecule is Oc1c(O)c(O)c(-c2cccc3oc4cc(-c5nc(-c6ccccc6)nc(-n6c7ccccc7c7ccccc76)n5)ccc4c23)c(O)c1O. The molecule has 10 heteroatoms. The summed E-state index contributed by atoms with van der Waals surface area (Å²) in [6.07, 6.45) is 0. The zero-order valence-corrected chi connectivity index (χ0v) is 25.4. The van der Waals surface area contributed by atoms with Crippen LogP contribution in [0, 0.1) is 0 Å². The Bertz CT molecular complexity index is 2710. The highest BCUT2D eigenvalue weighted by atomic mass is 16.4. The maximum atomic E-state index is 10.7. The summed E-state index contributed by atoms with van der Waals surface area (Å²) in [6.45, 7) is 0. The van der Waals surface area contributed by atoms with Gasteiger partial charge in [0.2, 0.25) is 23.2 Å². The van der Waals surface area contributed by atoms with Crippen LogP contribution in [-0.4, -0.2) is 45.1 Å². The van der Waals surface area contributed by atoms with Gasteiger partial charge in [-0.05, 0) is 30.3 Å². The first kappa shape index (κ1) is 28.2. The number of para-hydroxylation sites is 2. The minimum atomic E-state index is -1.03. The van der Waals surface area contributed by atoms with Crippen molar-refractivity contribution in [2.75, 3.05) is 0 Å². The number of phenolic OH excluding ortho intramolecular Hbond substituents is 5. The van der Waals surface area contributed by atoms with Gasteiger partial charge in [0.15, 0.2) is 23.1 Å². The number of benzene rings is 6. The molecule has 5 N–H and O–H groups in total. The molecule has 10 nitrogen and oxygen atoms in total. The Morgan fingerprint density at radius 1 is 0.469 bits per heavy atom. The van der Waals surface area contributed by atoms with Crippen LogP contribution in [0.2, 0.25) is 0 Å². The van der Waals surface area contributed by atoms with Gasteiger partial charge in [-0.15, -0.1) is 0 Å². The van der Waals surface area contributed by atoms with Crippen LogP contribution in [0.5, 0.6) is 28.7 Å². The first-order valence-corrected chi connectivity index (χ1v) is 15.3. The van der Waals surface area contributed by atoms with Gasteiger partial charge in [-0.1, -0.05) is 84.9 Å². The molecular formula is C39H24N4O6. The first-order valence-electron chi connectivity index (χ1n) is 15.3. The molecule has 0 bridgehead atoms. The van der Waals surface area contributed by atoms with Crippen molar-refractivity contribution >= 4 is 43.7 Å². The number of nitrogens with zero attached hydrogens (tertiary/aromatic N) is 4. The molecule has 0 atom stereocenters. The summed E-state index contributed by atoms with van der Waals surface area (Å²) in [4.78, 5) is 14.9. The van der Waals surface area contributed by atoms with Gasteiger partial charge in [-0.2, -0.15) is 9.97 Å². The number of furan rings is 1. The van der Waals surface area contributed by atoms with E-state index in [1.165, 1.54) is 0 Å². The van der Waals surface area contributed by atoms with Crippen LogP contribution in [0.1, 0.15) is 0 Å². The number of hydrogen-bond acceptors (Lipinski definition) is 9. The van der Waals surface area contributed by atoms with Gasteiger partial charge in [-0.3, -0.25) is 4.57 Å². The third-order valence-corrected chi connectivity index (χ3v) is 8.83. The van der Waals surface area contributed by atoms with E-state index in [2.05, 4.69) is 12.1 Å². The van der Waals surface area contributed by atoms with Gasteiger partial charge in [0.05, 0.1) is 16.6 Å². The molecule has 0 spiro atoms. The lowest BCUT2D eigenvalue weighted by Crippen LogP contribution is -2.06. The Morgan fingerprint density at radius 2 is 1.06 bits per heavy atom. The second-order valence-electron chi connectivity index (χ2n) is 11.6. The van der Waals surface area contributed by atoms with Crippen LogP contribution >= 0.6 is 0 Å². The Balaban J connectivity index is 1.27. The molecule has 3 heterocycles. The number of aromatic hydroxyl groups is 5. The van der Waals surface area contributed by atoms with Crippen molar-refractivity contribution in [2.24, 2.45) is 0 Å². The fourth-order valence-electron chi connectivity index (χ4n) is 6.56. The van der Waals surface area contributed by atoms with Crippen molar-refractivity contribution in [3.63, 3.8) is 0 Å². The summed E-state index contributed by atoms with van der Waals surface area (Å²) < 4.78 is 8.30. The zero-order valence-electron chi connectivity index (χ0n) is 25.4. The van der Waals surface area contributed by atoms with Gasteiger partial charge in [-0.25, -0.2) is 4.98 Å². The third-order valence-electron chi connectivity index (χ3n) is 8.83. The molecule has 0 unspecified atom stereocenters. The maximum absolute atomic E-state index is 10.7. The van der Waals surface area contributed by atoms with Crippen molar-refractivity contribution in [3.8, 4) is 68.6 Å². The van der Waals surface area contributed by atoms with E-state index in [-0.39, 0.29) is 11.1 Å². The van der Waals surface area contributed by atoms with Crippen LogP contribution < -0.4 is 0 Å². The topological polar surface area (TPSA) is 158 Å². The van der Waals surface area contributed by atoms with E-state index in [1.807, 2.05) is 89.5 Å². The minimum absolute atomic E-state index is 0.258. The summed E-state index contributed by atoms with van der Waals surface area (Å²) in [5.41, 5.74) is 4.28. The average Bonchev–Trinajstić information content (AvgIpc) is 3.69. The fraction of sp³-hybridized carbons (Fsp3) is 0. The Kier molecular flexibility index (Phi) is 6.02. The molecule has 0 fully saturated rings. The molecule has 0 aliphatic rings. The van der Waals surface area contributed by atoms with E-state index < -0.39 is 28.7 Å². The zero-order chi connectivity index (χ0) is 33.4. The van der Waals surface area contributed by atoms with E-state index >= 15 is 0 Å². The molecule has 0 saturated heterocycles. The Labute approximate surface area is 276 Å². The molecule has 0 amide bonds. The first-order chi connectivity index (χ1) is 23.9. The summed E-state index contributed by atoms with van der Waals surface area (Å²) in [5.74, 6) is -3.17. The van der Waals surface area contributed by atoms with Crippen LogP contribution in [0.3, 0.4) is 0 Å². The van der Waals surface area contributed by atoms with Gasteiger partial charge < -0.3 is 29.9 Å². The molecule has 0 radical (unpaired) electrons. The number of fused-ring (bicyclic) bond motifs is 6. The molecule has 0 aliphatic carbocycles. The maximum Gasteiger partial charge on any atom is 0.238 e. The summed E-state index contributed by atoms with van der Waals surface area (Å²) >= 11 is 0. The second-order valence-corrected chi connectivity index (χ2v) is 11.6. The van der Waals surface area contributed by atoms with Gasteiger partial charge >= 0.3 is 0 Å². The van der Waals surface area contributed by atoms with E-state index in [1.54, 1.807) is 18.2 Å². The predicted octanol–water partition coefficient (Wildman–Crippen LogP) is 8.40. The number of aromatic nitrogens is 4. The highest BCUT2D eigenvalue weighted by Crippen LogP contribution is 2.56. The molecule has 0 saturated carbocycles. The third kappa shape index (κ3) is 4.17. The fourth-order valence-corrected chi connectivity index (χ4v) is 6.56. The molecule has 9 aromatic rings. The molecule has 6 aromatic carbocycles. The summed E-state index contributed by atoms with van der Waals surface area (Å²) in [7, 11) is 0. The van der Waals surface area contributed by atoms with Crippen LogP contribution in [0.25, 0.3) is 83.6 Å². The lowest BCUT2D eigenvalue weighted by molar-refractivity contribution is 0.330. The highest BCUT2D eigenvalue weighted by molar-refractivity contribution is 6.14. The van der Waals surface area contributed by atoms with Crippen molar-refractivity contribution in [1.29, 1.82) is 0 Å². The Morgan fingerprint density at radius 3 is 1.73 bits per heavy atom. The smallest absolute Gasteiger partial charge is 0.238 e. The van der Waals surface area contributed by atoms with E-state index in [0.29, 0.717) is 45.1 Å². The van der Waals surface area contributed by atoms with Crippen LogP contribution in [0.4, 0.5) is 0 Å². The second kappa shape index (κ2) is 10.5. The molecule has 0 aliphatic heterocycles. The van der Waals surface area contributed by atoms with Crippen LogP contribution in [-0.2, 0) is 0 Å². The number of rotatable bonds is 4. The highest BCUT2D eigenvalue weighted by Gasteiger charge is 2.27. The predicted molar refractivity (Wildman–Crippen MR) is 186 cm³/mol. The minimum Gasteiger partial charge on any atom is -0.504 e. The monoisotopic (exact) mass is 644 g/mol. The lowest BCUT2D eigenvalue weighted by atomic mass is 9.96. The standard InChI is InChI=1S/C39H24N4O6/c44-32-31(33(45)35(47)36(48)34(32)46)25-13-8-16-28-30(25)24-18-17-21(19-29(24)49-28)38-40-37(20-9-2-1-3-10-20)41-39(42-38)43-26-14-6-4-11-22(26)23-12-5-7-15-27(23)43/h1-19,44-48H. The van der Waals surface area contributed by atoms with Crippen molar-refractivity contribution < 1.29 is 29.9 Å². The summed E-state index contributed by atoms with van der Waals surface area (Å²) in [6, 6.07) is 36.4. The van der Waals surface area contributed by atoms with Gasteiger partial charge in [0, 0.05) is 38.2 Å². The van der Waals surface area contributed by atoms with Gasteiger partial charge in [0.25, 0.3) is 0 Å². The van der Waals surface area contributed by atoms with Crippen molar-refractivity contribution in [3.05, 3.63) is 115 Å². The molecular weight excluding hydrogens is 620 g/mol. The van der Waals surface area contributed by atoms with E-state index in [9.17, 15) is 25.5 Å². The lowest BCUT2D eigenvalue weighted by Gasteiger charge is -2.13. The van der Waals surface area contributed by atoms with E-state index in [0.717, 1.165) is 27.4 Å². The molecule has 236 valence electrons.